The van der Waals surface area contributed by atoms with Crippen LogP contribution in [0.5, 0.6) is 0 Å². The fourth-order valence-electron chi connectivity index (χ4n) is 4.34. The summed E-state index contributed by atoms with van der Waals surface area (Å²) in [6.45, 7) is 6.89. The van der Waals surface area contributed by atoms with Crippen LogP contribution in [0.15, 0.2) is 60.7 Å². The molecular formula is C28H23ClN4. The van der Waals surface area contributed by atoms with Gasteiger partial charge in [0.1, 0.15) is 11.9 Å². The summed E-state index contributed by atoms with van der Waals surface area (Å²) in [5.74, 6) is 0.583. The van der Waals surface area contributed by atoms with Crippen molar-refractivity contribution in [2.75, 3.05) is 0 Å². The summed E-state index contributed by atoms with van der Waals surface area (Å²) in [7, 11) is 0. The average Bonchev–Trinajstić information content (AvgIpc) is 3.32. The molecule has 162 valence electrons. The highest BCUT2D eigenvalue weighted by Gasteiger charge is 2.16. The lowest BCUT2D eigenvalue weighted by molar-refractivity contribution is 0.804. The largest absolute Gasteiger partial charge is 0.340 e. The molecule has 0 radical (unpaired) electrons. The summed E-state index contributed by atoms with van der Waals surface area (Å²) in [5, 5.41) is 11.9. The number of nitriles is 1. The Hall–Kier alpha value is -3.81. The van der Waals surface area contributed by atoms with Gasteiger partial charge in [-0.2, -0.15) is 5.26 Å². The van der Waals surface area contributed by atoms with Gasteiger partial charge in [-0.3, -0.25) is 0 Å². The van der Waals surface area contributed by atoms with Gasteiger partial charge in [0, 0.05) is 33.7 Å². The van der Waals surface area contributed by atoms with E-state index in [0.717, 1.165) is 43.8 Å². The third-order valence-electron chi connectivity index (χ3n) is 6.33. The molecule has 0 unspecified atom stereocenters. The van der Waals surface area contributed by atoms with Crippen molar-refractivity contribution in [3.8, 4) is 6.07 Å². The molecule has 0 aliphatic rings. The predicted molar refractivity (Wildman–Crippen MR) is 136 cm³/mol. The number of halogens is 1. The average molecular weight is 451 g/mol. The van der Waals surface area contributed by atoms with Gasteiger partial charge in [-0.25, -0.2) is 4.98 Å². The molecule has 0 saturated heterocycles. The second kappa shape index (κ2) is 8.27. The Morgan fingerprint density at radius 1 is 1.06 bits per heavy atom. The Bertz CT molecular complexity index is 1560. The molecule has 0 bridgehead atoms. The van der Waals surface area contributed by atoms with E-state index < -0.39 is 0 Å². The number of benzene rings is 3. The van der Waals surface area contributed by atoms with Crippen LogP contribution in [0.2, 0.25) is 5.02 Å². The number of H-pyrrole nitrogens is 1. The van der Waals surface area contributed by atoms with Crippen molar-refractivity contribution in [3.63, 3.8) is 0 Å². The van der Waals surface area contributed by atoms with E-state index in [2.05, 4.69) is 60.7 Å². The second-order valence-electron chi connectivity index (χ2n) is 8.40. The molecule has 0 aliphatic carbocycles. The molecule has 5 aromatic rings. The smallest absolute Gasteiger partial charge is 0.149 e. The lowest BCUT2D eigenvalue weighted by Crippen LogP contribution is -2.02. The van der Waals surface area contributed by atoms with E-state index in [1.807, 2.05) is 42.5 Å². The van der Waals surface area contributed by atoms with Gasteiger partial charge in [0.25, 0.3) is 0 Å². The van der Waals surface area contributed by atoms with Gasteiger partial charge < -0.3 is 9.55 Å². The third kappa shape index (κ3) is 3.71. The molecule has 2 heterocycles. The van der Waals surface area contributed by atoms with Crippen LogP contribution in [0.3, 0.4) is 0 Å². The summed E-state index contributed by atoms with van der Waals surface area (Å²) in [6, 6.07) is 22.7. The second-order valence-corrected chi connectivity index (χ2v) is 8.81. The van der Waals surface area contributed by atoms with E-state index in [4.69, 9.17) is 16.6 Å². The number of allylic oxidation sites excluding steroid dienone is 1. The number of hydrogen-bond acceptors (Lipinski definition) is 2. The van der Waals surface area contributed by atoms with Gasteiger partial charge in [0.05, 0.1) is 16.6 Å². The van der Waals surface area contributed by atoms with Gasteiger partial charge >= 0.3 is 0 Å². The van der Waals surface area contributed by atoms with E-state index in [1.54, 1.807) is 0 Å². The molecule has 33 heavy (non-hydrogen) atoms. The van der Waals surface area contributed by atoms with E-state index in [1.165, 1.54) is 11.1 Å². The fraction of sp³-hybridized carbons (Fsp3) is 0.143. The first kappa shape index (κ1) is 21.1. The van der Waals surface area contributed by atoms with Gasteiger partial charge in [-0.15, -0.1) is 0 Å². The minimum absolute atomic E-state index is 0.505. The molecular weight excluding hydrogens is 428 g/mol. The zero-order valence-corrected chi connectivity index (χ0v) is 19.5. The van der Waals surface area contributed by atoms with Crippen molar-refractivity contribution in [2.24, 2.45) is 0 Å². The van der Waals surface area contributed by atoms with Gasteiger partial charge in [0.2, 0.25) is 0 Å². The lowest BCUT2D eigenvalue weighted by Gasteiger charge is -2.10. The number of aryl methyl sites for hydroxylation is 2. The Balaban J connectivity index is 1.66. The van der Waals surface area contributed by atoms with Crippen LogP contribution < -0.4 is 0 Å². The van der Waals surface area contributed by atoms with E-state index in [9.17, 15) is 5.26 Å². The minimum atomic E-state index is 0.505. The highest BCUT2D eigenvalue weighted by Crippen LogP contribution is 2.31. The van der Waals surface area contributed by atoms with Crippen LogP contribution in [0.1, 0.15) is 33.8 Å². The molecule has 0 fully saturated rings. The lowest BCUT2D eigenvalue weighted by atomic mass is 10.1. The quantitative estimate of drug-likeness (QED) is 0.294. The maximum absolute atomic E-state index is 10.0. The van der Waals surface area contributed by atoms with Gasteiger partial charge in [0.15, 0.2) is 0 Å². The van der Waals surface area contributed by atoms with Crippen molar-refractivity contribution in [1.82, 2.24) is 14.5 Å². The Morgan fingerprint density at radius 2 is 1.79 bits per heavy atom. The summed E-state index contributed by atoms with van der Waals surface area (Å²) in [5.41, 5.74) is 8.94. The number of aromatic amines is 1. The van der Waals surface area contributed by atoms with Gasteiger partial charge in [-0.1, -0.05) is 48.0 Å². The zero-order valence-electron chi connectivity index (χ0n) is 18.8. The highest BCUT2D eigenvalue weighted by atomic mass is 35.5. The van der Waals surface area contributed by atoms with Crippen LogP contribution >= 0.6 is 11.6 Å². The first-order valence-electron chi connectivity index (χ1n) is 10.9. The first-order valence-corrected chi connectivity index (χ1v) is 11.2. The number of rotatable bonds is 4. The summed E-state index contributed by atoms with van der Waals surface area (Å²) in [4.78, 5) is 8.04. The van der Waals surface area contributed by atoms with Crippen LogP contribution in [-0.2, 0) is 6.54 Å². The number of aromatic nitrogens is 3. The first-order chi connectivity index (χ1) is 16.0. The fourth-order valence-corrected chi connectivity index (χ4v) is 4.53. The predicted octanol–water partition coefficient (Wildman–Crippen LogP) is 7.21. The van der Waals surface area contributed by atoms with Crippen molar-refractivity contribution in [3.05, 3.63) is 99.5 Å². The number of fused-ring (bicyclic) bond motifs is 2. The third-order valence-corrected chi connectivity index (χ3v) is 6.70. The topological polar surface area (TPSA) is 57.4 Å². The Kier molecular flexibility index (Phi) is 5.28. The summed E-state index contributed by atoms with van der Waals surface area (Å²) < 4.78 is 2.25. The van der Waals surface area contributed by atoms with E-state index in [-0.39, 0.29) is 0 Å². The normalized spacial score (nSPS) is 11.9. The van der Waals surface area contributed by atoms with Crippen molar-refractivity contribution in [1.29, 1.82) is 5.26 Å². The summed E-state index contributed by atoms with van der Waals surface area (Å²) in [6.07, 6.45) is 1.94. The van der Waals surface area contributed by atoms with Crippen LogP contribution in [0.4, 0.5) is 0 Å². The Morgan fingerprint density at radius 3 is 2.58 bits per heavy atom. The maximum atomic E-state index is 10.0. The summed E-state index contributed by atoms with van der Waals surface area (Å²) >= 11 is 6.45. The number of imidazole rings is 1. The maximum Gasteiger partial charge on any atom is 0.149 e. The number of nitrogens with zero attached hydrogens (tertiary/aromatic N) is 3. The molecule has 0 atom stereocenters. The monoisotopic (exact) mass is 450 g/mol. The van der Waals surface area contributed by atoms with E-state index >= 15 is 0 Å². The Labute approximate surface area is 197 Å². The minimum Gasteiger partial charge on any atom is -0.340 e. The zero-order chi connectivity index (χ0) is 23.1. The molecule has 5 heteroatoms. The molecule has 2 aromatic heterocycles. The highest BCUT2D eigenvalue weighted by molar-refractivity contribution is 6.31. The number of hydrogen-bond donors (Lipinski definition) is 1. The molecule has 0 spiro atoms. The van der Waals surface area contributed by atoms with E-state index in [0.29, 0.717) is 17.9 Å². The molecule has 0 saturated carbocycles. The number of nitrogens with one attached hydrogen (secondary N) is 1. The SMILES string of the molecule is Cc1cc2nc(/C(C#N)=C\c3c(C)n(Cc4ccccc4Cl)c4ccccc34)[nH]c2cc1C. The molecule has 1 N–H and O–H groups in total. The van der Waals surface area contributed by atoms with Gasteiger partial charge in [-0.05, 0) is 67.8 Å². The van der Waals surface area contributed by atoms with Crippen LogP contribution in [0, 0.1) is 32.1 Å². The molecule has 3 aromatic carbocycles. The molecule has 5 rings (SSSR count). The van der Waals surface area contributed by atoms with Crippen molar-refractivity contribution in [2.45, 2.75) is 27.3 Å². The van der Waals surface area contributed by atoms with Crippen LogP contribution in [0.25, 0.3) is 33.6 Å². The molecule has 0 amide bonds. The van der Waals surface area contributed by atoms with Crippen LogP contribution in [-0.4, -0.2) is 14.5 Å². The number of para-hydroxylation sites is 1. The molecule has 4 nitrogen and oxygen atoms in total. The van der Waals surface area contributed by atoms with Crippen molar-refractivity contribution >= 4 is 45.2 Å². The standard InChI is InChI=1S/C28H23ClN4/c1-17-12-25-26(13-18(17)2)32-28(31-25)21(15-30)14-23-19(3)33(27-11-7-5-9-22(23)27)16-20-8-4-6-10-24(20)29/h4-14H,16H2,1-3H3,(H,31,32)/b21-14-. The van der Waals surface area contributed by atoms with Crippen molar-refractivity contribution < 1.29 is 0 Å². The molecule has 0 aliphatic heterocycles.